The van der Waals surface area contributed by atoms with Gasteiger partial charge < -0.3 is 10.4 Å². The number of anilines is 1. The Morgan fingerprint density at radius 2 is 2.21 bits per heavy atom. The molecule has 2 rings (SSSR count). The summed E-state index contributed by atoms with van der Waals surface area (Å²) in [6, 6.07) is 0. The van der Waals surface area contributed by atoms with Crippen molar-refractivity contribution < 1.29 is 9.90 Å². The Balaban J connectivity index is 1.81. The van der Waals surface area contributed by atoms with Crippen molar-refractivity contribution in [2.75, 3.05) is 25.0 Å². The summed E-state index contributed by atoms with van der Waals surface area (Å²) in [7, 11) is 0. The van der Waals surface area contributed by atoms with Crippen molar-refractivity contribution in [2.45, 2.75) is 39.2 Å². The zero-order chi connectivity index (χ0) is 14.0. The molecule has 0 atom stereocenters. The number of H-pyrrole nitrogens is 1. The first-order chi connectivity index (χ1) is 8.93. The van der Waals surface area contributed by atoms with Crippen LogP contribution in [0.15, 0.2) is 0 Å². The molecule has 0 spiro atoms. The van der Waals surface area contributed by atoms with Gasteiger partial charge in [0.25, 0.3) is 0 Å². The van der Waals surface area contributed by atoms with Crippen LogP contribution in [0.4, 0.5) is 5.69 Å². The summed E-state index contributed by atoms with van der Waals surface area (Å²) in [5.41, 5.74) is 1.82. The second-order valence-electron chi connectivity index (χ2n) is 5.48. The Morgan fingerprint density at radius 1 is 1.53 bits per heavy atom. The van der Waals surface area contributed by atoms with Crippen LogP contribution in [0.1, 0.15) is 31.2 Å². The normalized spacial score (nSPS) is 18.1. The number of amides is 1. The highest BCUT2D eigenvalue weighted by atomic mass is 16.3. The van der Waals surface area contributed by atoms with Crippen LogP contribution in [-0.2, 0) is 4.79 Å². The highest BCUT2D eigenvalue weighted by Crippen LogP contribution is 2.25. The average Bonchev–Trinajstić information content (AvgIpc) is 2.59. The van der Waals surface area contributed by atoms with Crippen molar-refractivity contribution >= 4 is 11.6 Å². The number of carbonyl (C=O) groups excluding carboxylic acids is 1. The minimum atomic E-state index is -0.587. The molecule has 0 aromatic carbocycles. The topological polar surface area (TPSA) is 81.2 Å². The van der Waals surface area contributed by atoms with Gasteiger partial charge in [-0.15, -0.1) is 0 Å². The van der Waals surface area contributed by atoms with Crippen LogP contribution >= 0.6 is 0 Å². The van der Waals surface area contributed by atoms with Crippen molar-refractivity contribution in [3.63, 3.8) is 0 Å². The van der Waals surface area contributed by atoms with Gasteiger partial charge in [-0.2, -0.15) is 5.10 Å². The first kappa shape index (κ1) is 14.0. The number of rotatable bonds is 5. The van der Waals surface area contributed by atoms with Gasteiger partial charge in [0, 0.05) is 13.1 Å². The van der Waals surface area contributed by atoms with Crippen molar-refractivity contribution in [2.24, 2.45) is 0 Å². The molecule has 1 aromatic rings. The zero-order valence-corrected chi connectivity index (χ0v) is 11.8. The highest BCUT2D eigenvalue weighted by Gasteiger charge is 2.40. The van der Waals surface area contributed by atoms with Gasteiger partial charge in [-0.05, 0) is 20.3 Å². The zero-order valence-electron chi connectivity index (χ0n) is 11.8. The van der Waals surface area contributed by atoms with Gasteiger partial charge in [-0.3, -0.25) is 14.8 Å². The number of nitrogens with one attached hydrogen (secondary N) is 2. The van der Waals surface area contributed by atoms with Crippen LogP contribution in [0.3, 0.4) is 0 Å². The molecule has 6 heteroatoms. The summed E-state index contributed by atoms with van der Waals surface area (Å²) >= 11 is 0. The van der Waals surface area contributed by atoms with Crippen LogP contribution < -0.4 is 5.32 Å². The molecule has 1 aliphatic heterocycles. The average molecular weight is 266 g/mol. The molecule has 1 aromatic heterocycles. The van der Waals surface area contributed by atoms with Crippen LogP contribution in [-0.4, -0.2) is 51.3 Å². The van der Waals surface area contributed by atoms with E-state index in [1.165, 1.54) is 0 Å². The second kappa shape index (κ2) is 5.30. The van der Waals surface area contributed by atoms with E-state index in [0.717, 1.165) is 29.9 Å². The smallest absolute Gasteiger partial charge is 0.238 e. The summed E-state index contributed by atoms with van der Waals surface area (Å²) in [5, 5.41) is 19.8. The summed E-state index contributed by atoms with van der Waals surface area (Å²) < 4.78 is 0. The Hall–Kier alpha value is -1.40. The molecule has 6 nitrogen and oxygen atoms in total. The van der Waals surface area contributed by atoms with Gasteiger partial charge in [-0.1, -0.05) is 13.3 Å². The van der Waals surface area contributed by atoms with Gasteiger partial charge in [0.05, 0.1) is 29.2 Å². The number of aromatic nitrogens is 2. The first-order valence-corrected chi connectivity index (χ1v) is 6.69. The Morgan fingerprint density at radius 3 is 2.74 bits per heavy atom. The van der Waals surface area contributed by atoms with E-state index >= 15 is 0 Å². The molecule has 0 unspecified atom stereocenters. The van der Waals surface area contributed by atoms with Gasteiger partial charge in [0.15, 0.2) is 0 Å². The van der Waals surface area contributed by atoms with Gasteiger partial charge in [0.1, 0.15) is 0 Å². The number of hydrogen-bond acceptors (Lipinski definition) is 4. The molecule has 1 amide bonds. The van der Waals surface area contributed by atoms with Crippen molar-refractivity contribution in [1.29, 1.82) is 0 Å². The van der Waals surface area contributed by atoms with Crippen molar-refractivity contribution in [1.82, 2.24) is 15.1 Å². The second-order valence-corrected chi connectivity index (χ2v) is 5.48. The number of nitrogens with zero attached hydrogens (tertiary/aromatic N) is 2. The third-order valence-electron chi connectivity index (χ3n) is 3.51. The van der Waals surface area contributed by atoms with E-state index in [1.807, 2.05) is 18.7 Å². The maximum Gasteiger partial charge on any atom is 0.238 e. The molecule has 1 aliphatic rings. The van der Waals surface area contributed by atoms with Crippen LogP contribution in [0, 0.1) is 13.8 Å². The molecule has 2 heterocycles. The molecular weight excluding hydrogens is 244 g/mol. The summed E-state index contributed by atoms with van der Waals surface area (Å²) in [6.45, 7) is 7.26. The van der Waals surface area contributed by atoms with E-state index in [1.54, 1.807) is 0 Å². The van der Waals surface area contributed by atoms with E-state index in [9.17, 15) is 9.90 Å². The lowest BCUT2D eigenvalue weighted by atomic mass is 9.89. The van der Waals surface area contributed by atoms with E-state index in [-0.39, 0.29) is 5.91 Å². The van der Waals surface area contributed by atoms with Gasteiger partial charge in [-0.25, -0.2) is 0 Å². The van der Waals surface area contributed by atoms with Crippen LogP contribution in [0.25, 0.3) is 0 Å². The van der Waals surface area contributed by atoms with Crippen molar-refractivity contribution in [3.05, 3.63) is 11.4 Å². The Bertz CT molecular complexity index is 444. The molecule has 3 N–H and O–H groups in total. The predicted octanol–water partition coefficient (Wildman–Crippen LogP) is 0.812. The van der Waals surface area contributed by atoms with E-state index in [2.05, 4.69) is 22.4 Å². The highest BCUT2D eigenvalue weighted by molar-refractivity contribution is 5.93. The van der Waals surface area contributed by atoms with Gasteiger partial charge in [0.2, 0.25) is 5.91 Å². The SMILES string of the molecule is CCCC1(O)CN(CC(=O)Nc2c(C)n[nH]c2C)C1. The third-order valence-corrected chi connectivity index (χ3v) is 3.51. The summed E-state index contributed by atoms with van der Waals surface area (Å²) in [4.78, 5) is 13.9. The van der Waals surface area contributed by atoms with E-state index < -0.39 is 5.60 Å². The minimum Gasteiger partial charge on any atom is -0.387 e. The fourth-order valence-electron chi connectivity index (χ4n) is 2.64. The summed E-state index contributed by atoms with van der Waals surface area (Å²) in [6.07, 6.45) is 1.76. The Labute approximate surface area is 113 Å². The quantitative estimate of drug-likeness (QED) is 0.736. The molecule has 0 bridgehead atoms. The lowest BCUT2D eigenvalue weighted by molar-refractivity contribution is -0.129. The lowest BCUT2D eigenvalue weighted by Gasteiger charge is -2.46. The maximum absolute atomic E-state index is 11.9. The molecule has 1 saturated heterocycles. The molecule has 1 fully saturated rings. The molecule has 0 aliphatic carbocycles. The number of carbonyl (C=O) groups is 1. The van der Waals surface area contributed by atoms with Gasteiger partial charge >= 0.3 is 0 Å². The third kappa shape index (κ3) is 3.13. The number of aryl methyl sites for hydroxylation is 2. The largest absolute Gasteiger partial charge is 0.387 e. The molecule has 0 radical (unpaired) electrons. The number of aromatic amines is 1. The number of hydrogen-bond donors (Lipinski definition) is 3. The first-order valence-electron chi connectivity index (χ1n) is 6.69. The molecule has 106 valence electrons. The number of likely N-dealkylation sites (tertiary alicyclic amines) is 1. The van der Waals surface area contributed by atoms with Crippen LogP contribution in [0.2, 0.25) is 0 Å². The Kier molecular flexibility index (Phi) is 3.91. The maximum atomic E-state index is 11.9. The summed E-state index contributed by atoms with van der Waals surface area (Å²) in [5.74, 6) is -0.0638. The molecular formula is C13H22N4O2. The minimum absolute atomic E-state index is 0.0638. The molecule has 19 heavy (non-hydrogen) atoms. The van der Waals surface area contributed by atoms with Crippen LogP contribution in [0.5, 0.6) is 0 Å². The van der Waals surface area contributed by atoms with Crippen molar-refractivity contribution in [3.8, 4) is 0 Å². The standard InChI is InChI=1S/C13H22N4O2/c1-4-5-13(19)7-17(8-13)6-11(18)14-12-9(2)15-16-10(12)3/h19H,4-8H2,1-3H3,(H,14,18)(H,15,16). The van der Waals surface area contributed by atoms with E-state index in [4.69, 9.17) is 0 Å². The number of aliphatic hydroxyl groups is 1. The predicted molar refractivity (Wildman–Crippen MR) is 73.0 cm³/mol. The fourth-order valence-corrected chi connectivity index (χ4v) is 2.64. The monoisotopic (exact) mass is 266 g/mol. The number of β-amino-alcohol motifs (C(OH)–C–C–N with tert-alkyl or cyclic N) is 1. The van der Waals surface area contributed by atoms with E-state index in [0.29, 0.717) is 19.6 Å². The molecule has 0 saturated carbocycles. The lowest BCUT2D eigenvalue weighted by Crippen LogP contribution is -2.62. The fraction of sp³-hybridized carbons (Fsp3) is 0.692.